The van der Waals surface area contributed by atoms with E-state index in [1.165, 1.54) is 6.20 Å². The van der Waals surface area contributed by atoms with Crippen LogP contribution in [0, 0.1) is 0 Å². The summed E-state index contributed by atoms with van der Waals surface area (Å²) in [4.78, 5) is 32.3. The van der Waals surface area contributed by atoms with Crippen LogP contribution in [0.1, 0.15) is 38.1 Å². The van der Waals surface area contributed by atoms with Gasteiger partial charge in [0.2, 0.25) is 0 Å². The number of aromatic nitrogens is 3. The third kappa shape index (κ3) is 5.24. The van der Waals surface area contributed by atoms with E-state index in [1.54, 1.807) is 28.9 Å². The number of anilines is 1. The van der Waals surface area contributed by atoms with Crippen LogP contribution in [0.15, 0.2) is 30.7 Å². The molecule has 0 N–H and O–H groups in total. The molecule has 0 unspecified atom stereocenters. The van der Waals surface area contributed by atoms with Crippen LogP contribution in [0.3, 0.4) is 0 Å². The Morgan fingerprint density at radius 1 is 1.17 bits per heavy atom. The summed E-state index contributed by atoms with van der Waals surface area (Å²) in [6.45, 7) is 10.1. The van der Waals surface area contributed by atoms with Gasteiger partial charge in [-0.05, 0) is 33.8 Å². The van der Waals surface area contributed by atoms with E-state index in [-0.39, 0.29) is 6.09 Å². The summed E-state index contributed by atoms with van der Waals surface area (Å²) in [6.07, 6.45) is 4.54. The van der Waals surface area contributed by atoms with Crippen LogP contribution in [0.5, 0.6) is 0 Å². The Morgan fingerprint density at radius 2 is 1.90 bits per heavy atom. The number of nitrogens with zero attached hydrogens (tertiary/aromatic N) is 5. The predicted molar refractivity (Wildman–Crippen MR) is 107 cm³/mol. The molecule has 1 fully saturated rings. The number of piperazine rings is 1. The van der Waals surface area contributed by atoms with Gasteiger partial charge in [-0.2, -0.15) is 5.10 Å². The van der Waals surface area contributed by atoms with Crippen molar-refractivity contribution in [1.29, 1.82) is 0 Å². The fraction of sp³-hybridized carbons (Fsp3) is 0.500. The summed E-state index contributed by atoms with van der Waals surface area (Å²) in [7, 11) is 0. The maximum atomic E-state index is 12.2. The highest BCUT2D eigenvalue weighted by atomic mass is 16.6. The lowest BCUT2D eigenvalue weighted by Crippen LogP contribution is -2.50. The number of carbonyl (C=O) groups excluding carboxylic acids is 2. The van der Waals surface area contributed by atoms with Crippen molar-refractivity contribution in [2.24, 2.45) is 0 Å². The van der Waals surface area contributed by atoms with Gasteiger partial charge >= 0.3 is 12.1 Å². The molecule has 29 heavy (non-hydrogen) atoms. The molecular weight excluding hydrogens is 374 g/mol. The number of hydrogen-bond donors (Lipinski definition) is 0. The molecule has 156 valence electrons. The molecule has 3 rings (SSSR count). The molecule has 0 spiro atoms. The van der Waals surface area contributed by atoms with E-state index in [0.717, 1.165) is 11.5 Å². The van der Waals surface area contributed by atoms with Crippen molar-refractivity contribution in [3.63, 3.8) is 0 Å². The standard InChI is InChI=1S/C20H27N5O4/c1-5-28-18(26)15-13-22-25(14-15)16-6-7-21-17(12-16)23-8-10-24(11-9-23)19(27)29-20(2,3)4/h6-7,12-14H,5,8-11H2,1-4H3. The highest BCUT2D eigenvalue weighted by molar-refractivity contribution is 5.88. The van der Waals surface area contributed by atoms with Crippen molar-refractivity contribution in [3.05, 3.63) is 36.3 Å². The summed E-state index contributed by atoms with van der Waals surface area (Å²) < 4.78 is 12.1. The molecular formula is C20H27N5O4. The van der Waals surface area contributed by atoms with Crippen LogP contribution >= 0.6 is 0 Å². The maximum absolute atomic E-state index is 12.2. The van der Waals surface area contributed by atoms with Crippen molar-refractivity contribution in [2.75, 3.05) is 37.7 Å². The molecule has 1 saturated heterocycles. The van der Waals surface area contributed by atoms with Crippen molar-refractivity contribution < 1.29 is 19.1 Å². The molecule has 3 heterocycles. The smallest absolute Gasteiger partial charge is 0.410 e. The molecule has 0 aromatic carbocycles. The average molecular weight is 401 g/mol. The van der Waals surface area contributed by atoms with Gasteiger partial charge in [0, 0.05) is 44.6 Å². The van der Waals surface area contributed by atoms with Gasteiger partial charge in [-0.1, -0.05) is 0 Å². The third-order valence-corrected chi connectivity index (χ3v) is 4.34. The summed E-state index contributed by atoms with van der Waals surface area (Å²) in [6, 6.07) is 3.73. The first-order chi connectivity index (χ1) is 13.8. The molecule has 2 aromatic heterocycles. The fourth-order valence-electron chi connectivity index (χ4n) is 2.95. The molecule has 1 amide bonds. The summed E-state index contributed by atoms with van der Waals surface area (Å²) in [5.41, 5.74) is 0.687. The van der Waals surface area contributed by atoms with Gasteiger partial charge in [-0.3, -0.25) is 0 Å². The topological polar surface area (TPSA) is 89.8 Å². The zero-order chi connectivity index (χ0) is 21.0. The zero-order valence-electron chi connectivity index (χ0n) is 17.3. The minimum atomic E-state index is -0.504. The molecule has 9 nitrogen and oxygen atoms in total. The number of hydrogen-bond acceptors (Lipinski definition) is 7. The Hall–Kier alpha value is -3.10. The van der Waals surface area contributed by atoms with Crippen LogP contribution in [-0.2, 0) is 9.47 Å². The molecule has 0 bridgehead atoms. The normalized spacial score (nSPS) is 14.6. The van der Waals surface area contributed by atoms with Gasteiger partial charge in [-0.25, -0.2) is 19.3 Å². The van der Waals surface area contributed by atoms with Gasteiger partial charge in [0.25, 0.3) is 0 Å². The zero-order valence-corrected chi connectivity index (χ0v) is 17.3. The summed E-state index contributed by atoms with van der Waals surface area (Å²) >= 11 is 0. The molecule has 1 aliphatic rings. The van der Waals surface area contributed by atoms with E-state index in [0.29, 0.717) is 38.3 Å². The Balaban J connectivity index is 1.65. The van der Waals surface area contributed by atoms with E-state index in [2.05, 4.69) is 15.0 Å². The molecule has 0 atom stereocenters. The maximum Gasteiger partial charge on any atom is 0.410 e. The predicted octanol–water partition coefficient (Wildman–Crippen LogP) is 2.50. The number of esters is 1. The molecule has 0 aliphatic carbocycles. The first-order valence-corrected chi connectivity index (χ1v) is 9.68. The van der Waals surface area contributed by atoms with E-state index >= 15 is 0 Å². The van der Waals surface area contributed by atoms with Gasteiger partial charge in [0.1, 0.15) is 11.4 Å². The Labute approximate surface area is 170 Å². The number of amides is 1. The fourth-order valence-corrected chi connectivity index (χ4v) is 2.95. The van der Waals surface area contributed by atoms with Crippen molar-refractivity contribution in [1.82, 2.24) is 19.7 Å². The van der Waals surface area contributed by atoms with Crippen LogP contribution in [-0.4, -0.2) is 70.1 Å². The lowest BCUT2D eigenvalue weighted by molar-refractivity contribution is 0.0240. The lowest BCUT2D eigenvalue weighted by atomic mass is 10.2. The molecule has 0 saturated carbocycles. The largest absolute Gasteiger partial charge is 0.462 e. The van der Waals surface area contributed by atoms with Crippen LogP contribution in [0.2, 0.25) is 0 Å². The van der Waals surface area contributed by atoms with Gasteiger partial charge in [-0.15, -0.1) is 0 Å². The van der Waals surface area contributed by atoms with E-state index in [1.807, 2.05) is 32.9 Å². The average Bonchev–Trinajstić information content (AvgIpc) is 3.17. The summed E-state index contributed by atoms with van der Waals surface area (Å²) in [5, 5.41) is 4.25. The quantitative estimate of drug-likeness (QED) is 0.727. The highest BCUT2D eigenvalue weighted by Gasteiger charge is 2.26. The second kappa shape index (κ2) is 8.50. The van der Waals surface area contributed by atoms with Crippen molar-refractivity contribution in [3.8, 4) is 5.69 Å². The Bertz CT molecular complexity index is 866. The molecule has 2 aromatic rings. The number of carbonyl (C=O) groups is 2. The number of ether oxygens (including phenoxy) is 2. The highest BCUT2D eigenvalue weighted by Crippen LogP contribution is 2.19. The number of rotatable bonds is 4. The third-order valence-electron chi connectivity index (χ3n) is 4.34. The van der Waals surface area contributed by atoms with E-state index in [9.17, 15) is 9.59 Å². The Kier molecular flexibility index (Phi) is 6.05. The van der Waals surface area contributed by atoms with E-state index < -0.39 is 11.6 Å². The van der Waals surface area contributed by atoms with Crippen molar-refractivity contribution >= 4 is 17.9 Å². The van der Waals surface area contributed by atoms with Crippen molar-refractivity contribution in [2.45, 2.75) is 33.3 Å². The first kappa shape index (κ1) is 20.6. The second-order valence-corrected chi connectivity index (χ2v) is 7.72. The second-order valence-electron chi connectivity index (χ2n) is 7.72. The number of pyridine rings is 1. The molecule has 1 aliphatic heterocycles. The summed E-state index contributed by atoms with van der Waals surface area (Å²) in [5.74, 6) is 0.394. The Morgan fingerprint density at radius 3 is 2.55 bits per heavy atom. The van der Waals surface area contributed by atoms with Crippen LogP contribution < -0.4 is 4.90 Å². The van der Waals surface area contributed by atoms with Crippen LogP contribution in [0.4, 0.5) is 10.6 Å². The van der Waals surface area contributed by atoms with Gasteiger partial charge in [0.15, 0.2) is 0 Å². The minimum Gasteiger partial charge on any atom is -0.462 e. The molecule has 0 radical (unpaired) electrons. The van der Waals surface area contributed by atoms with Crippen LogP contribution in [0.25, 0.3) is 5.69 Å². The van der Waals surface area contributed by atoms with Gasteiger partial charge < -0.3 is 19.3 Å². The molecule has 9 heteroatoms. The van der Waals surface area contributed by atoms with Gasteiger partial charge in [0.05, 0.1) is 24.1 Å². The first-order valence-electron chi connectivity index (χ1n) is 9.68. The minimum absolute atomic E-state index is 0.290. The van der Waals surface area contributed by atoms with E-state index in [4.69, 9.17) is 9.47 Å². The monoisotopic (exact) mass is 401 g/mol. The lowest BCUT2D eigenvalue weighted by Gasteiger charge is -2.36. The SMILES string of the molecule is CCOC(=O)c1cnn(-c2ccnc(N3CCN(C(=O)OC(C)(C)C)CC3)c2)c1.